The van der Waals surface area contributed by atoms with E-state index >= 15 is 0 Å². The summed E-state index contributed by atoms with van der Waals surface area (Å²) in [5.74, 6) is 0. The van der Waals surface area contributed by atoms with Gasteiger partial charge < -0.3 is 14.6 Å². The van der Waals surface area contributed by atoms with E-state index in [0.29, 0.717) is 17.4 Å². The molecular formula is C13H18N6O3S. The van der Waals surface area contributed by atoms with E-state index in [1.165, 1.54) is 17.6 Å². The number of nitrogens with one attached hydrogen (secondary N) is 2. The molecule has 2 aromatic rings. The Kier molecular flexibility index (Phi) is 5.51. The van der Waals surface area contributed by atoms with Gasteiger partial charge in [-0.3, -0.25) is 10.2 Å². The number of hydrogen-bond donors (Lipinski definition) is 2. The molecule has 0 aliphatic carbocycles. The Morgan fingerprint density at radius 2 is 2.22 bits per heavy atom. The molecular weight excluding hydrogens is 320 g/mol. The van der Waals surface area contributed by atoms with Crippen molar-refractivity contribution in [2.75, 3.05) is 38.2 Å². The van der Waals surface area contributed by atoms with Gasteiger partial charge in [0.1, 0.15) is 17.0 Å². The Balaban J connectivity index is 1.40. The first-order chi connectivity index (χ1) is 11.3. The molecule has 0 spiro atoms. The molecule has 1 aliphatic heterocycles. The van der Waals surface area contributed by atoms with Crippen LogP contribution in [0.5, 0.6) is 0 Å². The van der Waals surface area contributed by atoms with Crippen LogP contribution < -0.4 is 10.6 Å². The number of carbonyl (C=O) groups is 1. The topological polar surface area (TPSA) is 105 Å². The Bertz CT molecular complexity index is 611. The molecule has 0 unspecified atom stereocenters. The standard InChI is InChI=1S/C13H18N6O3S/c20-12(14-9-10-2-6-22-18-10)15-13-17-16-11(23-13)1-3-19-4-7-21-8-5-19/h2,6H,1,3-5,7-9H2,(H2,14,15,17,20). The van der Waals surface area contributed by atoms with Crippen LogP contribution in [0.4, 0.5) is 9.93 Å². The zero-order valence-electron chi connectivity index (χ0n) is 12.5. The van der Waals surface area contributed by atoms with Gasteiger partial charge in [0.25, 0.3) is 0 Å². The van der Waals surface area contributed by atoms with Crippen molar-refractivity contribution in [2.24, 2.45) is 0 Å². The minimum absolute atomic E-state index is 0.297. The van der Waals surface area contributed by atoms with Crippen LogP contribution in [0.3, 0.4) is 0 Å². The lowest BCUT2D eigenvalue weighted by Gasteiger charge is -2.25. The normalized spacial score (nSPS) is 15.5. The maximum Gasteiger partial charge on any atom is 0.321 e. The zero-order chi connectivity index (χ0) is 15.9. The molecule has 0 aromatic carbocycles. The van der Waals surface area contributed by atoms with Gasteiger partial charge in [-0.2, -0.15) is 0 Å². The summed E-state index contributed by atoms with van der Waals surface area (Å²) < 4.78 is 10.0. The van der Waals surface area contributed by atoms with Crippen molar-refractivity contribution in [1.82, 2.24) is 25.6 Å². The highest BCUT2D eigenvalue weighted by molar-refractivity contribution is 7.15. The number of carbonyl (C=O) groups excluding carboxylic acids is 1. The number of rotatable bonds is 6. The molecule has 0 radical (unpaired) electrons. The van der Waals surface area contributed by atoms with Gasteiger partial charge in [-0.05, 0) is 0 Å². The van der Waals surface area contributed by atoms with Crippen LogP contribution in [-0.4, -0.2) is 59.1 Å². The number of aromatic nitrogens is 3. The summed E-state index contributed by atoms with van der Waals surface area (Å²) in [6.07, 6.45) is 2.28. The lowest BCUT2D eigenvalue weighted by Crippen LogP contribution is -2.37. The van der Waals surface area contributed by atoms with E-state index in [1.54, 1.807) is 6.07 Å². The summed E-state index contributed by atoms with van der Waals surface area (Å²) in [5.41, 5.74) is 0.656. The number of ether oxygens (including phenoxy) is 1. The molecule has 2 amide bonds. The van der Waals surface area contributed by atoms with E-state index in [0.717, 1.165) is 44.3 Å². The Hall–Kier alpha value is -2.04. The number of urea groups is 1. The van der Waals surface area contributed by atoms with Crippen LogP contribution in [0, 0.1) is 0 Å². The molecule has 10 heteroatoms. The fourth-order valence-corrected chi connectivity index (χ4v) is 2.85. The molecule has 1 saturated heterocycles. The molecule has 0 bridgehead atoms. The van der Waals surface area contributed by atoms with Gasteiger partial charge in [-0.15, -0.1) is 10.2 Å². The Labute approximate surface area is 137 Å². The minimum atomic E-state index is -0.344. The first-order valence-corrected chi connectivity index (χ1v) is 8.18. The highest BCUT2D eigenvalue weighted by atomic mass is 32.1. The number of amides is 2. The van der Waals surface area contributed by atoms with E-state index in [4.69, 9.17) is 9.26 Å². The lowest BCUT2D eigenvalue weighted by atomic mass is 10.3. The van der Waals surface area contributed by atoms with Crippen molar-refractivity contribution in [3.8, 4) is 0 Å². The highest BCUT2D eigenvalue weighted by Crippen LogP contribution is 2.16. The Morgan fingerprint density at radius 1 is 1.35 bits per heavy atom. The maximum absolute atomic E-state index is 11.8. The monoisotopic (exact) mass is 338 g/mol. The first kappa shape index (κ1) is 15.8. The maximum atomic E-state index is 11.8. The molecule has 1 fully saturated rings. The van der Waals surface area contributed by atoms with Gasteiger partial charge in [0.2, 0.25) is 5.13 Å². The highest BCUT2D eigenvalue weighted by Gasteiger charge is 2.12. The summed E-state index contributed by atoms with van der Waals surface area (Å²) in [6, 6.07) is 1.35. The van der Waals surface area contributed by atoms with Crippen molar-refractivity contribution in [1.29, 1.82) is 0 Å². The fraction of sp³-hybridized carbons (Fsp3) is 0.538. The Morgan fingerprint density at radius 3 is 3.00 bits per heavy atom. The van der Waals surface area contributed by atoms with E-state index in [-0.39, 0.29) is 6.03 Å². The average Bonchev–Trinajstić information content (AvgIpc) is 3.24. The molecule has 9 nitrogen and oxygen atoms in total. The van der Waals surface area contributed by atoms with E-state index in [9.17, 15) is 4.79 Å². The summed E-state index contributed by atoms with van der Waals surface area (Å²) in [4.78, 5) is 14.1. The smallest absolute Gasteiger partial charge is 0.321 e. The van der Waals surface area contributed by atoms with Crippen molar-refractivity contribution in [3.05, 3.63) is 23.0 Å². The summed E-state index contributed by atoms with van der Waals surface area (Å²) in [7, 11) is 0. The summed E-state index contributed by atoms with van der Waals surface area (Å²) in [6.45, 7) is 4.70. The van der Waals surface area contributed by atoms with Gasteiger partial charge in [-0.1, -0.05) is 16.5 Å². The van der Waals surface area contributed by atoms with Gasteiger partial charge in [-0.25, -0.2) is 4.79 Å². The SMILES string of the molecule is O=C(NCc1ccon1)Nc1nnc(CCN2CCOCC2)s1. The quantitative estimate of drug-likeness (QED) is 0.799. The molecule has 3 rings (SSSR count). The number of morpholine rings is 1. The zero-order valence-corrected chi connectivity index (χ0v) is 13.3. The van der Waals surface area contributed by atoms with E-state index in [1.807, 2.05) is 0 Å². The van der Waals surface area contributed by atoms with Gasteiger partial charge in [0.15, 0.2) is 0 Å². The molecule has 124 valence electrons. The third kappa shape index (κ3) is 4.98. The molecule has 1 aliphatic rings. The molecule has 2 N–H and O–H groups in total. The van der Waals surface area contributed by atoms with E-state index in [2.05, 4.69) is 30.9 Å². The molecule has 0 saturated carbocycles. The van der Waals surface area contributed by atoms with Gasteiger partial charge in [0, 0.05) is 32.1 Å². The predicted molar refractivity (Wildman–Crippen MR) is 83.2 cm³/mol. The van der Waals surface area contributed by atoms with Crippen LogP contribution in [0.2, 0.25) is 0 Å². The van der Waals surface area contributed by atoms with Crippen molar-refractivity contribution in [3.63, 3.8) is 0 Å². The van der Waals surface area contributed by atoms with Crippen LogP contribution in [-0.2, 0) is 17.7 Å². The van der Waals surface area contributed by atoms with Crippen LogP contribution >= 0.6 is 11.3 Å². The predicted octanol–water partition coefficient (Wildman–Crippen LogP) is 0.722. The fourth-order valence-electron chi connectivity index (χ4n) is 2.12. The first-order valence-electron chi connectivity index (χ1n) is 7.36. The second kappa shape index (κ2) is 7.99. The summed E-state index contributed by atoms with van der Waals surface area (Å²) in [5, 5.41) is 18.5. The minimum Gasteiger partial charge on any atom is -0.379 e. The molecule has 23 heavy (non-hydrogen) atoms. The third-order valence-corrected chi connectivity index (χ3v) is 4.25. The summed E-state index contributed by atoms with van der Waals surface area (Å²) >= 11 is 1.39. The van der Waals surface area contributed by atoms with Crippen LogP contribution in [0.1, 0.15) is 10.7 Å². The number of anilines is 1. The molecule has 2 aromatic heterocycles. The van der Waals surface area contributed by atoms with Crippen molar-refractivity contribution in [2.45, 2.75) is 13.0 Å². The molecule has 3 heterocycles. The van der Waals surface area contributed by atoms with Gasteiger partial charge in [0.05, 0.1) is 19.8 Å². The molecule has 0 atom stereocenters. The van der Waals surface area contributed by atoms with Crippen molar-refractivity contribution < 1.29 is 14.1 Å². The van der Waals surface area contributed by atoms with Crippen LogP contribution in [0.15, 0.2) is 16.9 Å². The van der Waals surface area contributed by atoms with E-state index < -0.39 is 0 Å². The van der Waals surface area contributed by atoms with Crippen LogP contribution in [0.25, 0.3) is 0 Å². The number of hydrogen-bond acceptors (Lipinski definition) is 8. The van der Waals surface area contributed by atoms with Crippen molar-refractivity contribution >= 4 is 22.5 Å². The second-order valence-corrected chi connectivity index (χ2v) is 6.07. The largest absolute Gasteiger partial charge is 0.379 e. The number of nitrogens with zero attached hydrogens (tertiary/aromatic N) is 4. The van der Waals surface area contributed by atoms with Gasteiger partial charge >= 0.3 is 6.03 Å². The lowest BCUT2D eigenvalue weighted by molar-refractivity contribution is 0.0384. The average molecular weight is 338 g/mol. The third-order valence-electron chi connectivity index (χ3n) is 3.35. The second-order valence-electron chi connectivity index (χ2n) is 5.00.